The van der Waals surface area contributed by atoms with E-state index in [1.807, 2.05) is 0 Å². The average molecular weight is 347 g/mol. The number of phenols is 1. The molecular weight excluding hydrogens is 308 g/mol. The number of unbranched alkanes of at least 4 members (excludes halogenated alkanes) is 3. The van der Waals surface area contributed by atoms with Crippen LogP contribution in [0.5, 0.6) is 5.75 Å². The van der Waals surface area contributed by atoms with Gasteiger partial charge in [-0.15, -0.1) is 0 Å². The summed E-state index contributed by atoms with van der Waals surface area (Å²) in [5.41, 5.74) is 3.10. The maximum Gasteiger partial charge on any atom is 0.126 e. The lowest BCUT2D eigenvalue weighted by atomic mass is 9.76. The summed E-state index contributed by atoms with van der Waals surface area (Å²) in [4.78, 5) is 11.9. The van der Waals surface area contributed by atoms with Crippen molar-refractivity contribution in [1.82, 2.24) is 0 Å². The van der Waals surface area contributed by atoms with Gasteiger partial charge in [0.2, 0.25) is 0 Å². The lowest BCUT2D eigenvalue weighted by Gasteiger charge is -2.27. The van der Waals surface area contributed by atoms with Crippen molar-refractivity contribution >= 4 is 6.29 Å². The van der Waals surface area contributed by atoms with Crippen molar-refractivity contribution in [2.24, 2.45) is 5.41 Å². The van der Waals surface area contributed by atoms with Gasteiger partial charge in [0.15, 0.2) is 0 Å². The molecule has 1 rings (SSSR count). The second kappa shape index (κ2) is 11.3. The van der Waals surface area contributed by atoms with E-state index >= 15 is 0 Å². The highest BCUT2D eigenvalue weighted by molar-refractivity contribution is 5.60. The van der Waals surface area contributed by atoms with Crippen LogP contribution in [-0.2, 0) is 24.1 Å². The molecule has 1 atom stereocenters. The number of rotatable bonds is 13. The van der Waals surface area contributed by atoms with Gasteiger partial charge in [-0.3, -0.25) is 0 Å². The van der Waals surface area contributed by atoms with Gasteiger partial charge in [0.05, 0.1) is 0 Å². The number of carbonyl (C=O) groups excluding carboxylic acids is 1. The fourth-order valence-corrected chi connectivity index (χ4v) is 3.56. The number of hydrogen-bond donors (Lipinski definition) is 1. The van der Waals surface area contributed by atoms with Crippen molar-refractivity contribution in [2.45, 2.75) is 98.3 Å². The van der Waals surface area contributed by atoms with E-state index in [0.717, 1.165) is 81.8 Å². The fourth-order valence-electron chi connectivity index (χ4n) is 3.56. The van der Waals surface area contributed by atoms with Crippen LogP contribution < -0.4 is 0 Å². The van der Waals surface area contributed by atoms with E-state index in [-0.39, 0.29) is 5.41 Å². The first kappa shape index (κ1) is 21.7. The first-order chi connectivity index (χ1) is 12.1. The normalized spacial score (nSPS) is 13.6. The van der Waals surface area contributed by atoms with E-state index in [1.54, 1.807) is 0 Å². The van der Waals surface area contributed by atoms with Gasteiger partial charge < -0.3 is 9.90 Å². The summed E-state index contributed by atoms with van der Waals surface area (Å²) in [5.74, 6) is 0.493. The van der Waals surface area contributed by atoms with Crippen LogP contribution in [0.2, 0.25) is 0 Å². The summed E-state index contributed by atoms with van der Waals surface area (Å²) in [5, 5.41) is 10.7. The summed E-state index contributed by atoms with van der Waals surface area (Å²) in [6.45, 7) is 8.66. The summed E-state index contributed by atoms with van der Waals surface area (Å²) >= 11 is 0. The van der Waals surface area contributed by atoms with E-state index in [9.17, 15) is 9.90 Å². The molecule has 142 valence electrons. The van der Waals surface area contributed by atoms with E-state index < -0.39 is 0 Å². The molecule has 25 heavy (non-hydrogen) atoms. The zero-order chi connectivity index (χ0) is 18.7. The largest absolute Gasteiger partial charge is 0.507 e. The Morgan fingerprint density at radius 1 is 0.920 bits per heavy atom. The first-order valence-electron chi connectivity index (χ1n) is 10.4. The van der Waals surface area contributed by atoms with Gasteiger partial charge in [-0.1, -0.05) is 65.5 Å². The Bertz CT molecular complexity index is 492. The Morgan fingerprint density at radius 3 is 1.84 bits per heavy atom. The maximum absolute atomic E-state index is 11.9. The molecule has 0 heterocycles. The van der Waals surface area contributed by atoms with Gasteiger partial charge in [-0.05, 0) is 61.6 Å². The molecule has 0 amide bonds. The van der Waals surface area contributed by atoms with E-state index in [2.05, 4.69) is 39.8 Å². The number of phenolic OH excluding ortho intramolecular Hbond substituents is 1. The van der Waals surface area contributed by atoms with Crippen LogP contribution in [0, 0.1) is 5.41 Å². The van der Waals surface area contributed by atoms with E-state index in [4.69, 9.17) is 0 Å². The lowest BCUT2D eigenvalue weighted by molar-refractivity contribution is -0.116. The van der Waals surface area contributed by atoms with Gasteiger partial charge in [-0.2, -0.15) is 0 Å². The molecule has 0 aromatic heterocycles. The molecule has 0 bridgehead atoms. The minimum atomic E-state index is -0.253. The van der Waals surface area contributed by atoms with Crippen LogP contribution in [0.1, 0.15) is 95.8 Å². The number of carbonyl (C=O) groups is 1. The molecule has 1 aromatic rings. The fraction of sp³-hybridized carbons (Fsp3) is 0.696. The van der Waals surface area contributed by atoms with Crippen molar-refractivity contribution < 1.29 is 9.90 Å². The van der Waals surface area contributed by atoms with Gasteiger partial charge >= 0.3 is 0 Å². The van der Waals surface area contributed by atoms with Crippen LogP contribution in [0.4, 0.5) is 0 Å². The molecule has 0 radical (unpaired) electrons. The molecule has 1 N–H and O–H groups in total. The number of benzene rings is 1. The third-order valence-electron chi connectivity index (χ3n) is 5.47. The van der Waals surface area contributed by atoms with Crippen LogP contribution in [0.15, 0.2) is 12.1 Å². The SMILES string of the molecule is CCCCc1cc(CC(C=O)(CC)CCCC)cc(CCCC)c1O. The molecular formula is C23H38O2. The Hall–Kier alpha value is -1.31. The molecule has 2 heteroatoms. The summed E-state index contributed by atoms with van der Waals surface area (Å²) < 4.78 is 0. The molecule has 0 spiro atoms. The second-order valence-corrected chi connectivity index (χ2v) is 7.58. The highest BCUT2D eigenvalue weighted by Gasteiger charge is 2.28. The Kier molecular flexibility index (Phi) is 9.85. The number of aryl methyl sites for hydroxylation is 2. The van der Waals surface area contributed by atoms with Crippen molar-refractivity contribution in [3.63, 3.8) is 0 Å². The van der Waals surface area contributed by atoms with Crippen LogP contribution in [0.25, 0.3) is 0 Å². The topological polar surface area (TPSA) is 37.3 Å². The Labute approximate surface area is 155 Å². The van der Waals surface area contributed by atoms with Gasteiger partial charge in [0.1, 0.15) is 12.0 Å². The van der Waals surface area contributed by atoms with Crippen LogP contribution in [-0.4, -0.2) is 11.4 Å². The highest BCUT2D eigenvalue weighted by Crippen LogP contribution is 2.34. The smallest absolute Gasteiger partial charge is 0.126 e. The molecule has 0 aliphatic rings. The number of hydrogen-bond acceptors (Lipinski definition) is 2. The number of aldehydes is 1. The Morgan fingerprint density at radius 2 is 1.44 bits per heavy atom. The third kappa shape index (κ3) is 6.49. The van der Waals surface area contributed by atoms with Crippen molar-refractivity contribution in [3.8, 4) is 5.75 Å². The Balaban J connectivity index is 3.15. The standard InChI is InChI=1S/C23H38O2/c1-5-9-12-20-15-19(16-21(22(20)25)13-10-6-2)17-23(8-4,18-24)14-11-7-3/h15-16,18,25H,5-14,17H2,1-4H3. The van der Waals surface area contributed by atoms with E-state index in [1.165, 1.54) is 11.8 Å². The minimum Gasteiger partial charge on any atom is -0.507 e. The molecule has 0 aliphatic carbocycles. The number of aromatic hydroxyl groups is 1. The second-order valence-electron chi connectivity index (χ2n) is 7.58. The predicted octanol–water partition coefficient (Wildman–Crippen LogP) is 6.41. The van der Waals surface area contributed by atoms with E-state index in [0.29, 0.717) is 5.75 Å². The zero-order valence-corrected chi connectivity index (χ0v) is 16.9. The molecule has 1 aromatic carbocycles. The lowest BCUT2D eigenvalue weighted by Crippen LogP contribution is -2.25. The molecule has 0 saturated carbocycles. The molecule has 0 aliphatic heterocycles. The monoisotopic (exact) mass is 346 g/mol. The molecule has 0 saturated heterocycles. The summed E-state index contributed by atoms with van der Waals surface area (Å²) in [6.07, 6.45) is 12.3. The van der Waals surface area contributed by atoms with Crippen molar-refractivity contribution in [2.75, 3.05) is 0 Å². The highest BCUT2D eigenvalue weighted by atomic mass is 16.3. The molecule has 2 nitrogen and oxygen atoms in total. The van der Waals surface area contributed by atoms with Gasteiger partial charge in [0, 0.05) is 5.41 Å². The molecule has 0 fully saturated rings. The van der Waals surface area contributed by atoms with Gasteiger partial charge in [0.25, 0.3) is 0 Å². The zero-order valence-electron chi connectivity index (χ0n) is 16.9. The van der Waals surface area contributed by atoms with Crippen LogP contribution >= 0.6 is 0 Å². The van der Waals surface area contributed by atoms with Gasteiger partial charge in [-0.25, -0.2) is 0 Å². The molecule has 1 unspecified atom stereocenters. The van der Waals surface area contributed by atoms with Crippen LogP contribution in [0.3, 0.4) is 0 Å². The minimum absolute atomic E-state index is 0.253. The average Bonchev–Trinajstić information content (AvgIpc) is 2.64. The summed E-state index contributed by atoms with van der Waals surface area (Å²) in [7, 11) is 0. The first-order valence-corrected chi connectivity index (χ1v) is 10.4. The van der Waals surface area contributed by atoms with Crippen molar-refractivity contribution in [3.05, 3.63) is 28.8 Å². The summed E-state index contributed by atoms with van der Waals surface area (Å²) in [6, 6.07) is 4.31. The van der Waals surface area contributed by atoms with Crippen molar-refractivity contribution in [1.29, 1.82) is 0 Å². The maximum atomic E-state index is 11.9. The quantitative estimate of drug-likeness (QED) is 0.419. The third-order valence-corrected chi connectivity index (χ3v) is 5.47. The predicted molar refractivity (Wildman–Crippen MR) is 107 cm³/mol.